The zero-order valence-electron chi connectivity index (χ0n) is 9.16. The summed E-state index contributed by atoms with van der Waals surface area (Å²) in [6.07, 6.45) is 2.66. The van der Waals surface area contributed by atoms with Crippen molar-refractivity contribution >= 4 is 11.7 Å². The number of amides is 1. The van der Waals surface area contributed by atoms with Gasteiger partial charge in [0.2, 0.25) is 5.91 Å². The lowest BCUT2D eigenvalue weighted by molar-refractivity contribution is -0.115. The standard InChI is InChI=1S/C11H17N3O/c1-3-9(2)13-8-11(15)14-10-6-4-5-7-12-10/h4-7,9,13H,3,8H2,1-2H3,(H,12,14,15). The average Bonchev–Trinajstić information content (AvgIpc) is 2.27. The number of rotatable bonds is 5. The molecule has 4 nitrogen and oxygen atoms in total. The van der Waals surface area contributed by atoms with E-state index in [-0.39, 0.29) is 5.91 Å². The number of aromatic nitrogens is 1. The van der Waals surface area contributed by atoms with Crippen molar-refractivity contribution in [1.82, 2.24) is 10.3 Å². The van der Waals surface area contributed by atoms with Crippen LogP contribution < -0.4 is 10.6 Å². The van der Waals surface area contributed by atoms with E-state index in [2.05, 4.69) is 22.5 Å². The van der Waals surface area contributed by atoms with Gasteiger partial charge in [0.15, 0.2) is 0 Å². The zero-order valence-corrected chi connectivity index (χ0v) is 9.16. The molecule has 0 aliphatic carbocycles. The van der Waals surface area contributed by atoms with Crippen molar-refractivity contribution in [3.05, 3.63) is 24.4 Å². The number of hydrogen-bond acceptors (Lipinski definition) is 3. The summed E-state index contributed by atoms with van der Waals surface area (Å²) >= 11 is 0. The van der Waals surface area contributed by atoms with Crippen LogP contribution in [0.5, 0.6) is 0 Å². The van der Waals surface area contributed by atoms with Crippen molar-refractivity contribution < 1.29 is 4.79 Å². The Labute approximate surface area is 90.1 Å². The fraction of sp³-hybridized carbons (Fsp3) is 0.455. The Morgan fingerprint density at radius 2 is 2.33 bits per heavy atom. The van der Waals surface area contributed by atoms with Crippen LogP contribution in [-0.4, -0.2) is 23.5 Å². The predicted molar refractivity (Wildman–Crippen MR) is 60.6 cm³/mol. The van der Waals surface area contributed by atoms with Crippen LogP contribution >= 0.6 is 0 Å². The van der Waals surface area contributed by atoms with Crippen molar-refractivity contribution in [3.63, 3.8) is 0 Å². The van der Waals surface area contributed by atoms with Gasteiger partial charge in [-0.2, -0.15) is 0 Å². The molecule has 0 spiro atoms. The molecule has 1 aromatic heterocycles. The van der Waals surface area contributed by atoms with Crippen LogP contribution in [-0.2, 0) is 4.79 Å². The molecule has 1 amide bonds. The smallest absolute Gasteiger partial charge is 0.239 e. The van der Waals surface area contributed by atoms with Gasteiger partial charge in [0.05, 0.1) is 6.54 Å². The molecule has 1 rings (SSSR count). The summed E-state index contributed by atoms with van der Waals surface area (Å²) in [7, 11) is 0. The molecule has 82 valence electrons. The molecule has 0 saturated carbocycles. The maximum absolute atomic E-state index is 11.4. The number of nitrogens with zero attached hydrogens (tertiary/aromatic N) is 1. The largest absolute Gasteiger partial charge is 0.310 e. The van der Waals surface area contributed by atoms with Crippen molar-refractivity contribution in [1.29, 1.82) is 0 Å². The fourth-order valence-electron chi connectivity index (χ4n) is 1.04. The van der Waals surface area contributed by atoms with E-state index in [1.54, 1.807) is 12.3 Å². The highest BCUT2D eigenvalue weighted by atomic mass is 16.1. The minimum Gasteiger partial charge on any atom is -0.310 e. The third-order valence-corrected chi connectivity index (χ3v) is 2.16. The van der Waals surface area contributed by atoms with Gasteiger partial charge in [-0.1, -0.05) is 13.0 Å². The van der Waals surface area contributed by atoms with E-state index in [0.29, 0.717) is 18.4 Å². The van der Waals surface area contributed by atoms with Gasteiger partial charge in [0.25, 0.3) is 0 Å². The summed E-state index contributed by atoms with van der Waals surface area (Å²) in [6.45, 7) is 4.45. The second kappa shape index (κ2) is 6.14. The zero-order chi connectivity index (χ0) is 11.1. The quantitative estimate of drug-likeness (QED) is 0.767. The molecular weight excluding hydrogens is 190 g/mol. The van der Waals surface area contributed by atoms with Gasteiger partial charge in [0, 0.05) is 12.2 Å². The molecule has 1 heterocycles. The van der Waals surface area contributed by atoms with Crippen LogP contribution in [0.15, 0.2) is 24.4 Å². The average molecular weight is 207 g/mol. The first kappa shape index (κ1) is 11.7. The van der Waals surface area contributed by atoms with Crippen molar-refractivity contribution in [3.8, 4) is 0 Å². The second-order valence-electron chi connectivity index (χ2n) is 3.45. The van der Waals surface area contributed by atoms with E-state index in [9.17, 15) is 4.79 Å². The number of carbonyl (C=O) groups is 1. The molecule has 0 fully saturated rings. The summed E-state index contributed by atoms with van der Waals surface area (Å²) in [5.41, 5.74) is 0. The third kappa shape index (κ3) is 4.56. The normalized spacial score (nSPS) is 12.1. The lowest BCUT2D eigenvalue weighted by atomic mass is 10.2. The molecule has 1 atom stereocenters. The SMILES string of the molecule is CCC(C)NCC(=O)Nc1ccccn1. The first-order valence-electron chi connectivity index (χ1n) is 5.16. The molecule has 0 bridgehead atoms. The molecule has 15 heavy (non-hydrogen) atoms. The second-order valence-corrected chi connectivity index (χ2v) is 3.45. The Kier molecular flexibility index (Phi) is 4.77. The molecule has 0 aliphatic rings. The molecule has 0 saturated heterocycles. The first-order chi connectivity index (χ1) is 7.22. The monoisotopic (exact) mass is 207 g/mol. The molecule has 4 heteroatoms. The van der Waals surface area contributed by atoms with E-state index in [0.717, 1.165) is 6.42 Å². The topological polar surface area (TPSA) is 54.0 Å². The van der Waals surface area contributed by atoms with Gasteiger partial charge in [-0.3, -0.25) is 4.79 Å². The van der Waals surface area contributed by atoms with Crippen LogP contribution in [0.3, 0.4) is 0 Å². The van der Waals surface area contributed by atoms with Crippen LogP contribution in [0, 0.1) is 0 Å². The van der Waals surface area contributed by atoms with Crippen molar-refractivity contribution in [2.45, 2.75) is 26.3 Å². The van der Waals surface area contributed by atoms with Crippen LogP contribution in [0.1, 0.15) is 20.3 Å². The molecule has 0 radical (unpaired) electrons. The van der Waals surface area contributed by atoms with E-state index in [4.69, 9.17) is 0 Å². The van der Waals surface area contributed by atoms with Gasteiger partial charge >= 0.3 is 0 Å². The lowest BCUT2D eigenvalue weighted by Crippen LogP contribution is -2.34. The summed E-state index contributed by atoms with van der Waals surface area (Å²) < 4.78 is 0. The Morgan fingerprint density at radius 1 is 1.53 bits per heavy atom. The fourth-order valence-corrected chi connectivity index (χ4v) is 1.04. The highest BCUT2D eigenvalue weighted by Gasteiger charge is 2.04. The summed E-state index contributed by atoms with van der Waals surface area (Å²) in [5.74, 6) is 0.530. The van der Waals surface area contributed by atoms with Gasteiger partial charge in [0.1, 0.15) is 5.82 Å². The molecule has 0 aromatic carbocycles. The van der Waals surface area contributed by atoms with Gasteiger partial charge in [-0.05, 0) is 25.5 Å². The van der Waals surface area contributed by atoms with Crippen molar-refractivity contribution in [2.75, 3.05) is 11.9 Å². The van der Waals surface area contributed by atoms with Gasteiger partial charge in [-0.25, -0.2) is 4.98 Å². The maximum Gasteiger partial charge on any atom is 0.239 e. The number of anilines is 1. The highest BCUT2D eigenvalue weighted by molar-refractivity contribution is 5.91. The Bertz CT molecular complexity index is 300. The molecular formula is C11H17N3O. The van der Waals surface area contributed by atoms with E-state index < -0.39 is 0 Å². The van der Waals surface area contributed by atoms with Crippen LogP contribution in [0.2, 0.25) is 0 Å². The van der Waals surface area contributed by atoms with E-state index >= 15 is 0 Å². The molecule has 1 aromatic rings. The van der Waals surface area contributed by atoms with Gasteiger partial charge < -0.3 is 10.6 Å². The van der Waals surface area contributed by atoms with Crippen molar-refractivity contribution in [2.24, 2.45) is 0 Å². The predicted octanol–water partition coefficient (Wildman–Crippen LogP) is 1.41. The molecule has 1 unspecified atom stereocenters. The van der Waals surface area contributed by atoms with Crippen LogP contribution in [0.25, 0.3) is 0 Å². The lowest BCUT2D eigenvalue weighted by Gasteiger charge is -2.10. The number of carbonyl (C=O) groups excluding carboxylic acids is 1. The number of hydrogen-bond donors (Lipinski definition) is 2. The summed E-state index contributed by atoms with van der Waals surface area (Å²) in [6, 6.07) is 5.78. The number of nitrogens with one attached hydrogen (secondary N) is 2. The summed E-state index contributed by atoms with van der Waals surface area (Å²) in [4.78, 5) is 15.4. The Morgan fingerprint density at radius 3 is 2.93 bits per heavy atom. The van der Waals surface area contributed by atoms with E-state index in [1.165, 1.54) is 0 Å². The first-order valence-corrected chi connectivity index (χ1v) is 5.16. The Hall–Kier alpha value is -1.42. The maximum atomic E-state index is 11.4. The molecule has 0 aliphatic heterocycles. The van der Waals surface area contributed by atoms with Gasteiger partial charge in [-0.15, -0.1) is 0 Å². The summed E-state index contributed by atoms with van der Waals surface area (Å²) in [5, 5.41) is 5.82. The number of pyridine rings is 1. The third-order valence-electron chi connectivity index (χ3n) is 2.16. The molecule has 2 N–H and O–H groups in total. The van der Waals surface area contributed by atoms with E-state index in [1.807, 2.05) is 19.1 Å². The Balaban J connectivity index is 2.31. The highest BCUT2D eigenvalue weighted by Crippen LogP contribution is 1.98. The minimum absolute atomic E-state index is 0.0611. The minimum atomic E-state index is -0.0611. The van der Waals surface area contributed by atoms with Crippen LogP contribution in [0.4, 0.5) is 5.82 Å².